The lowest BCUT2D eigenvalue weighted by Crippen LogP contribution is -2.45. The zero-order valence-electron chi connectivity index (χ0n) is 10.7. The minimum Gasteiger partial charge on any atom is -0.314 e. The maximum Gasteiger partial charge on any atom is 0.401 e. The summed E-state index contributed by atoms with van der Waals surface area (Å²) < 4.78 is 37.2. The van der Waals surface area contributed by atoms with Crippen molar-refractivity contribution in [2.75, 3.05) is 19.6 Å². The van der Waals surface area contributed by atoms with E-state index in [4.69, 9.17) is 0 Å². The van der Waals surface area contributed by atoms with E-state index in [-0.39, 0.29) is 6.04 Å². The first-order chi connectivity index (χ1) is 7.96. The maximum atomic E-state index is 12.4. The molecule has 0 heterocycles. The summed E-state index contributed by atoms with van der Waals surface area (Å²) in [6, 6.07) is 0.609. The van der Waals surface area contributed by atoms with E-state index >= 15 is 0 Å². The first-order valence-electron chi connectivity index (χ1n) is 6.50. The molecule has 17 heavy (non-hydrogen) atoms. The second kappa shape index (κ2) is 6.59. The van der Waals surface area contributed by atoms with Crippen molar-refractivity contribution in [1.82, 2.24) is 10.2 Å². The van der Waals surface area contributed by atoms with Crippen molar-refractivity contribution in [3.05, 3.63) is 0 Å². The Bertz CT molecular complexity index is 210. The number of nitrogens with one attached hydrogen (secondary N) is 1. The minimum atomic E-state index is -4.07. The van der Waals surface area contributed by atoms with Crippen LogP contribution in [0.2, 0.25) is 0 Å². The fraction of sp³-hybridized carbons (Fsp3) is 1.00. The largest absolute Gasteiger partial charge is 0.401 e. The molecule has 102 valence electrons. The number of nitrogens with zero attached hydrogens (tertiary/aromatic N) is 1. The standard InChI is InChI=1S/C12H23F3N2/c1-3-16-10-5-7-11(8-6-10)17(4-2)9-12(13,14)15/h10-11,16H,3-9H2,1-2H3. The van der Waals surface area contributed by atoms with Gasteiger partial charge in [-0.1, -0.05) is 13.8 Å². The van der Waals surface area contributed by atoms with E-state index in [1.165, 1.54) is 0 Å². The molecule has 0 aromatic rings. The van der Waals surface area contributed by atoms with Crippen LogP contribution < -0.4 is 5.32 Å². The van der Waals surface area contributed by atoms with E-state index in [0.717, 1.165) is 32.2 Å². The van der Waals surface area contributed by atoms with Gasteiger partial charge in [-0.15, -0.1) is 0 Å². The van der Waals surface area contributed by atoms with Gasteiger partial charge in [0, 0.05) is 12.1 Å². The first kappa shape index (κ1) is 14.8. The molecule has 0 unspecified atom stereocenters. The fourth-order valence-corrected chi connectivity index (χ4v) is 2.66. The summed E-state index contributed by atoms with van der Waals surface area (Å²) in [7, 11) is 0. The molecule has 0 saturated heterocycles. The van der Waals surface area contributed by atoms with Gasteiger partial charge in [0.05, 0.1) is 6.54 Å². The van der Waals surface area contributed by atoms with E-state index in [1.54, 1.807) is 4.90 Å². The van der Waals surface area contributed by atoms with Gasteiger partial charge in [-0.2, -0.15) is 13.2 Å². The van der Waals surface area contributed by atoms with E-state index in [9.17, 15) is 13.2 Å². The van der Waals surface area contributed by atoms with Gasteiger partial charge in [-0.05, 0) is 38.8 Å². The van der Waals surface area contributed by atoms with Gasteiger partial charge in [0.1, 0.15) is 0 Å². The third-order valence-electron chi connectivity index (χ3n) is 3.49. The van der Waals surface area contributed by atoms with Crippen molar-refractivity contribution in [3.8, 4) is 0 Å². The number of hydrogen-bond donors (Lipinski definition) is 1. The van der Waals surface area contributed by atoms with Crippen molar-refractivity contribution < 1.29 is 13.2 Å². The highest BCUT2D eigenvalue weighted by Gasteiger charge is 2.34. The monoisotopic (exact) mass is 252 g/mol. The van der Waals surface area contributed by atoms with E-state index < -0.39 is 12.7 Å². The molecule has 5 heteroatoms. The van der Waals surface area contributed by atoms with E-state index in [0.29, 0.717) is 12.6 Å². The van der Waals surface area contributed by atoms with Gasteiger partial charge < -0.3 is 5.32 Å². The van der Waals surface area contributed by atoms with Crippen molar-refractivity contribution in [2.45, 2.75) is 57.8 Å². The van der Waals surface area contributed by atoms with Crippen LogP contribution in [0.1, 0.15) is 39.5 Å². The average Bonchev–Trinajstić information content (AvgIpc) is 2.26. The second-order valence-electron chi connectivity index (χ2n) is 4.74. The molecular weight excluding hydrogens is 229 g/mol. The summed E-state index contributed by atoms with van der Waals surface area (Å²) in [5.74, 6) is 0. The van der Waals surface area contributed by atoms with Gasteiger partial charge in [0.2, 0.25) is 0 Å². The van der Waals surface area contributed by atoms with Crippen molar-refractivity contribution in [3.63, 3.8) is 0 Å². The summed E-state index contributed by atoms with van der Waals surface area (Å²) in [6.07, 6.45) is -0.336. The van der Waals surface area contributed by atoms with Gasteiger partial charge in [-0.25, -0.2) is 0 Å². The van der Waals surface area contributed by atoms with Crippen LogP contribution in [0.25, 0.3) is 0 Å². The molecule has 0 amide bonds. The lowest BCUT2D eigenvalue weighted by molar-refractivity contribution is -0.151. The number of halogens is 3. The van der Waals surface area contributed by atoms with Gasteiger partial charge >= 0.3 is 6.18 Å². The first-order valence-corrected chi connectivity index (χ1v) is 6.50. The van der Waals surface area contributed by atoms with Crippen LogP contribution in [0.3, 0.4) is 0 Å². The predicted molar refractivity (Wildman–Crippen MR) is 63.0 cm³/mol. The summed E-state index contributed by atoms with van der Waals surface area (Å²) in [6.45, 7) is 4.53. The Morgan fingerprint density at radius 3 is 2.12 bits per heavy atom. The Kier molecular flexibility index (Phi) is 5.73. The van der Waals surface area contributed by atoms with E-state index in [2.05, 4.69) is 12.2 Å². The minimum absolute atomic E-state index is 0.108. The molecule has 0 spiro atoms. The van der Waals surface area contributed by atoms with Crippen LogP contribution in [-0.4, -0.2) is 42.8 Å². The topological polar surface area (TPSA) is 15.3 Å². The molecule has 0 aromatic carbocycles. The SMILES string of the molecule is CCNC1CCC(N(CC)CC(F)(F)F)CC1. The Morgan fingerprint density at radius 2 is 1.71 bits per heavy atom. The summed E-state index contributed by atoms with van der Waals surface area (Å²) >= 11 is 0. The summed E-state index contributed by atoms with van der Waals surface area (Å²) in [5.41, 5.74) is 0. The van der Waals surface area contributed by atoms with Crippen molar-refractivity contribution in [2.24, 2.45) is 0 Å². The van der Waals surface area contributed by atoms with Gasteiger partial charge in [0.25, 0.3) is 0 Å². The molecule has 2 nitrogen and oxygen atoms in total. The van der Waals surface area contributed by atoms with Crippen LogP contribution >= 0.6 is 0 Å². The lowest BCUT2D eigenvalue weighted by atomic mass is 9.90. The highest BCUT2D eigenvalue weighted by atomic mass is 19.4. The zero-order valence-corrected chi connectivity index (χ0v) is 10.7. The molecule has 0 atom stereocenters. The molecule has 0 bridgehead atoms. The maximum absolute atomic E-state index is 12.4. The molecule has 1 aliphatic carbocycles. The molecule has 1 rings (SSSR count). The molecule has 1 fully saturated rings. The fourth-order valence-electron chi connectivity index (χ4n) is 2.66. The number of rotatable bonds is 5. The number of alkyl halides is 3. The highest BCUT2D eigenvalue weighted by molar-refractivity contribution is 4.83. The predicted octanol–water partition coefficient (Wildman–Crippen LogP) is 2.79. The third-order valence-corrected chi connectivity index (χ3v) is 3.49. The molecule has 1 aliphatic rings. The Morgan fingerprint density at radius 1 is 1.12 bits per heavy atom. The molecule has 0 aromatic heterocycles. The summed E-state index contributed by atoms with van der Waals surface area (Å²) in [4.78, 5) is 1.57. The van der Waals surface area contributed by atoms with Crippen LogP contribution in [0.15, 0.2) is 0 Å². The molecule has 1 N–H and O–H groups in total. The van der Waals surface area contributed by atoms with Crippen molar-refractivity contribution >= 4 is 0 Å². The highest BCUT2D eigenvalue weighted by Crippen LogP contribution is 2.26. The molecule has 0 aliphatic heterocycles. The zero-order chi connectivity index (χ0) is 12.9. The molecule has 1 saturated carbocycles. The summed E-state index contributed by atoms with van der Waals surface area (Å²) in [5, 5.41) is 3.37. The quantitative estimate of drug-likeness (QED) is 0.809. The Balaban J connectivity index is 2.40. The van der Waals surface area contributed by atoms with Crippen LogP contribution in [0, 0.1) is 0 Å². The third kappa shape index (κ3) is 5.25. The second-order valence-corrected chi connectivity index (χ2v) is 4.74. The van der Waals surface area contributed by atoms with Crippen molar-refractivity contribution in [1.29, 1.82) is 0 Å². The molecular formula is C12H23F3N2. The van der Waals surface area contributed by atoms with Crippen LogP contribution in [-0.2, 0) is 0 Å². The number of hydrogen-bond acceptors (Lipinski definition) is 2. The van der Waals surface area contributed by atoms with Crippen LogP contribution in [0.5, 0.6) is 0 Å². The normalized spacial score (nSPS) is 26.5. The molecule has 0 radical (unpaired) electrons. The lowest BCUT2D eigenvalue weighted by Gasteiger charge is -2.36. The Labute approximate surface area is 102 Å². The van der Waals surface area contributed by atoms with Gasteiger partial charge in [0.15, 0.2) is 0 Å². The smallest absolute Gasteiger partial charge is 0.314 e. The van der Waals surface area contributed by atoms with Crippen LogP contribution in [0.4, 0.5) is 13.2 Å². The Hall–Kier alpha value is -0.290. The van der Waals surface area contributed by atoms with E-state index in [1.807, 2.05) is 6.92 Å². The average molecular weight is 252 g/mol. The van der Waals surface area contributed by atoms with Gasteiger partial charge in [-0.3, -0.25) is 4.90 Å².